The Labute approximate surface area is 476 Å². The van der Waals surface area contributed by atoms with E-state index in [9.17, 15) is 19.5 Å². The summed E-state index contributed by atoms with van der Waals surface area (Å²) in [5.74, 6) is -2.27. The van der Waals surface area contributed by atoms with Crippen LogP contribution in [-0.4, -0.2) is 82.3 Å². The van der Waals surface area contributed by atoms with Crippen molar-refractivity contribution in [2.45, 2.75) is 322 Å². The largest absolute Gasteiger partial charge is 0.545 e. The Kier molecular flexibility index (Phi) is 57.3. The zero-order valence-electron chi connectivity index (χ0n) is 51.3. The van der Waals surface area contributed by atoms with Gasteiger partial charge in [0, 0.05) is 12.8 Å². The van der Waals surface area contributed by atoms with E-state index in [2.05, 4.69) is 62.5 Å². The van der Waals surface area contributed by atoms with Crippen LogP contribution < -0.4 is 5.11 Å². The van der Waals surface area contributed by atoms with Gasteiger partial charge in [-0.2, -0.15) is 0 Å². The van der Waals surface area contributed by atoms with E-state index in [0.717, 1.165) is 70.6 Å². The molecule has 0 spiro atoms. The molecule has 0 N–H and O–H groups in total. The maximum absolute atomic E-state index is 12.9. The normalized spacial score (nSPS) is 13.0. The van der Waals surface area contributed by atoms with Gasteiger partial charge < -0.3 is 33.3 Å². The summed E-state index contributed by atoms with van der Waals surface area (Å²) in [5, 5.41) is 11.8. The molecule has 77 heavy (non-hydrogen) atoms. The van der Waals surface area contributed by atoms with Crippen LogP contribution in [0.2, 0.25) is 0 Å². The van der Waals surface area contributed by atoms with Crippen LogP contribution in [0.15, 0.2) is 48.6 Å². The van der Waals surface area contributed by atoms with Gasteiger partial charge in [-0.15, -0.1) is 0 Å². The fourth-order valence-corrected chi connectivity index (χ4v) is 9.59. The summed E-state index contributed by atoms with van der Waals surface area (Å²) in [5.41, 5.74) is 0. The average molecular weight is 1080 g/mol. The number of allylic oxidation sites excluding steroid dienone is 8. The third-order valence-electron chi connectivity index (χ3n) is 14.6. The highest BCUT2D eigenvalue weighted by Crippen LogP contribution is 2.18. The molecular weight excluding hydrogens is 959 g/mol. The molecule has 0 bridgehead atoms. The summed E-state index contributed by atoms with van der Waals surface area (Å²) >= 11 is 0. The van der Waals surface area contributed by atoms with E-state index in [0.29, 0.717) is 23.9 Å². The van der Waals surface area contributed by atoms with Gasteiger partial charge in [0.2, 0.25) is 0 Å². The number of hydrogen-bond acceptors (Lipinski definition) is 8. The highest BCUT2D eigenvalue weighted by Gasteiger charge is 2.22. The predicted octanol–water partition coefficient (Wildman–Crippen LogP) is 18.5. The zero-order chi connectivity index (χ0) is 56.2. The maximum atomic E-state index is 12.9. The first-order valence-corrected chi connectivity index (χ1v) is 32.8. The van der Waals surface area contributed by atoms with Gasteiger partial charge in [-0.1, -0.05) is 294 Å². The fraction of sp³-hybridized carbons (Fsp3) is 0.838. The van der Waals surface area contributed by atoms with Crippen molar-refractivity contribution in [1.29, 1.82) is 0 Å². The zero-order valence-corrected chi connectivity index (χ0v) is 51.3. The summed E-state index contributed by atoms with van der Waals surface area (Å²) in [7, 11) is 5.93. The maximum Gasteiger partial charge on any atom is 0.306 e. The molecule has 9 nitrogen and oxygen atoms in total. The van der Waals surface area contributed by atoms with E-state index >= 15 is 0 Å². The molecule has 0 radical (unpaired) electrons. The van der Waals surface area contributed by atoms with E-state index in [1.807, 2.05) is 21.1 Å². The van der Waals surface area contributed by atoms with Gasteiger partial charge in [0.15, 0.2) is 12.4 Å². The number of nitrogens with zero attached hydrogens (tertiary/aromatic N) is 1. The Hall–Kier alpha value is -2.75. The number of ether oxygens (including phenoxy) is 4. The number of carboxylic acids is 1. The SMILES string of the molecule is CC/C=C\C/C=C\C/C=C\C/C=C\CCCCCCCCCCCCC(=O)OC(COC(=O)CCCCCCCCCCCCCCCCCCCCCCCCCCCCCCC)COC(OCC[N+](C)(C)C)C(=O)[O-]. The molecule has 0 aliphatic carbocycles. The van der Waals surface area contributed by atoms with Crippen LogP contribution in [0.5, 0.6) is 0 Å². The highest BCUT2D eigenvalue weighted by molar-refractivity contribution is 5.70. The van der Waals surface area contributed by atoms with Crippen molar-refractivity contribution in [2.75, 3.05) is 47.5 Å². The van der Waals surface area contributed by atoms with Crippen LogP contribution in [0.25, 0.3) is 0 Å². The van der Waals surface area contributed by atoms with Gasteiger partial charge in [0.25, 0.3) is 0 Å². The lowest BCUT2D eigenvalue weighted by Gasteiger charge is -2.26. The number of rotatable bonds is 61. The van der Waals surface area contributed by atoms with Crippen LogP contribution in [0.4, 0.5) is 0 Å². The third kappa shape index (κ3) is 60.7. The number of likely N-dealkylation sites (N-methyl/N-ethyl adjacent to an activating group) is 1. The quantitative estimate of drug-likeness (QED) is 0.0195. The fourth-order valence-electron chi connectivity index (χ4n) is 9.59. The lowest BCUT2D eigenvalue weighted by atomic mass is 10.0. The number of quaternary nitrogens is 1. The lowest BCUT2D eigenvalue weighted by Crippen LogP contribution is -2.44. The molecule has 0 aromatic carbocycles. The molecule has 0 aromatic rings. The monoisotopic (exact) mass is 1080 g/mol. The summed E-state index contributed by atoms with van der Waals surface area (Å²) < 4.78 is 22.8. The number of carbonyl (C=O) groups is 3. The van der Waals surface area contributed by atoms with Crippen LogP contribution in [0.3, 0.4) is 0 Å². The second-order valence-corrected chi connectivity index (χ2v) is 23.4. The first-order valence-electron chi connectivity index (χ1n) is 32.8. The first-order chi connectivity index (χ1) is 37.6. The predicted molar refractivity (Wildman–Crippen MR) is 325 cm³/mol. The van der Waals surface area contributed by atoms with Crippen molar-refractivity contribution in [3.05, 3.63) is 48.6 Å². The van der Waals surface area contributed by atoms with Gasteiger partial charge in [0.05, 0.1) is 40.3 Å². The minimum Gasteiger partial charge on any atom is -0.545 e. The molecule has 0 aliphatic heterocycles. The summed E-state index contributed by atoms with van der Waals surface area (Å²) in [6, 6.07) is 0. The van der Waals surface area contributed by atoms with Gasteiger partial charge in [-0.3, -0.25) is 9.59 Å². The molecule has 0 saturated heterocycles. The van der Waals surface area contributed by atoms with Crippen molar-refractivity contribution in [3.8, 4) is 0 Å². The standard InChI is InChI=1S/C68H125NO8/c1-6-8-10-12-14-16-18-20-22-24-26-28-30-31-32-33-34-35-37-38-40-42-44-46-48-50-52-54-56-58-65(70)75-62-64(63-76-68(67(72)73)74-61-60-69(3,4)5)77-66(71)59-57-55-53-51-49-47-45-43-41-39-36-29-27-25-23-21-19-17-15-13-11-9-7-2/h9,11,15,17,21,23,27,29,64,68H,6-8,10,12-14,16,18-20,22,24-26,28,30-63H2,1-5H3/b11-9-,17-15-,23-21-,29-27-. The van der Waals surface area contributed by atoms with Gasteiger partial charge >= 0.3 is 11.9 Å². The van der Waals surface area contributed by atoms with E-state index in [1.165, 1.54) is 205 Å². The Balaban J connectivity index is 4.11. The topological polar surface area (TPSA) is 111 Å². The van der Waals surface area contributed by atoms with Crippen LogP contribution >= 0.6 is 0 Å². The lowest BCUT2D eigenvalue weighted by molar-refractivity contribution is -0.870. The number of aliphatic carboxylic acids is 1. The molecule has 0 heterocycles. The molecule has 450 valence electrons. The molecule has 2 atom stereocenters. The second-order valence-electron chi connectivity index (χ2n) is 23.4. The number of hydrogen-bond donors (Lipinski definition) is 0. The Morgan fingerprint density at radius 3 is 1.10 bits per heavy atom. The minimum absolute atomic E-state index is 0.147. The molecule has 0 rings (SSSR count). The van der Waals surface area contributed by atoms with Gasteiger partial charge in [-0.05, 0) is 51.4 Å². The van der Waals surface area contributed by atoms with Gasteiger partial charge in [0.1, 0.15) is 13.2 Å². The molecule has 2 unspecified atom stereocenters. The Bertz CT molecular complexity index is 1400. The number of carboxylic acid groups (broad SMARTS) is 1. The van der Waals surface area contributed by atoms with Crippen molar-refractivity contribution in [1.82, 2.24) is 0 Å². The molecule has 0 saturated carbocycles. The van der Waals surface area contributed by atoms with E-state index in [4.69, 9.17) is 18.9 Å². The van der Waals surface area contributed by atoms with Crippen LogP contribution in [-0.2, 0) is 33.3 Å². The molecule has 0 aliphatic rings. The molecule has 9 heteroatoms. The minimum atomic E-state index is -1.62. The Morgan fingerprint density at radius 1 is 0.403 bits per heavy atom. The Morgan fingerprint density at radius 2 is 0.740 bits per heavy atom. The second kappa shape index (κ2) is 59.4. The highest BCUT2D eigenvalue weighted by atomic mass is 16.7. The van der Waals surface area contributed by atoms with Crippen molar-refractivity contribution in [3.63, 3.8) is 0 Å². The summed E-state index contributed by atoms with van der Waals surface area (Å²) in [6.45, 7) is 4.68. The molecular formula is C68H125NO8. The van der Waals surface area contributed by atoms with Crippen LogP contribution in [0.1, 0.15) is 309 Å². The smallest absolute Gasteiger partial charge is 0.306 e. The number of carbonyl (C=O) groups excluding carboxylic acids is 3. The van der Waals surface area contributed by atoms with Crippen molar-refractivity contribution < 1.29 is 42.9 Å². The molecule has 0 fully saturated rings. The number of esters is 2. The molecule has 0 aromatic heterocycles. The van der Waals surface area contributed by atoms with Gasteiger partial charge in [-0.25, -0.2) is 0 Å². The van der Waals surface area contributed by atoms with E-state index in [1.54, 1.807) is 0 Å². The van der Waals surface area contributed by atoms with Crippen molar-refractivity contribution >= 4 is 17.9 Å². The van der Waals surface area contributed by atoms with E-state index < -0.39 is 24.3 Å². The number of unbranched alkanes of at least 4 members (excludes halogenated alkanes) is 38. The third-order valence-corrected chi connectivity index (χ3v) is 14.6. The van der Waals surface area contributed by atoms with Crippen LogP contribution in [0, 0.1) is 0 Å². The van der Waals surface area contributed by atoms with E-state index in [-0.39, 0.29) is 32.2 Å². The first kappa shape index (κ1) is 74.2. The average Bonchev–Trinajstić information content (AvgIpc) is 3.40. The summed E-state index contributed by atoms with van der Waals surface area (Å²) in [4.78, 5) is 37.4. The summed E-state index contributed by atoms with van der Waals surface area (Å²) in [6.07, 6.45) is 71.8. The van der Waals surface area contributed by atoms with Crippen molar-refractivity contribution in [2.24, 2.45) is 0 Å². The molecule has 0 amide bonds.